The maximum absolute atomic E-state index is 6.54. The van der Waals surface area contributed by atoms with E-state index in [0.717, 1.165) is 22.8 Å². The van der Waals surface area contributed by atoms with Gasteiger partial charge in [0, 0.05) is 5.16 Å². The van der Waals surface area contributed by atoms with Crippen molar-refractivity contribution in [3.05, 3.63) is 71.0 Å². The molecule has 0 fully saturated rings. The summed E-state index contributed by atoms with van der Waals surface area (Å²) in [5.41, 5.74) is 4.03. The molecule has 0 unspecified atom stereocenters. The molecular weight excluding hydrogens is 399 g/mol. The summed E-state index contributed by atoms with van der Waals surface area (Å²) in [6, 6.07) is 18.1. The highest BCUT2D eigenvalue weighted by Crippen LogP contribution is 2.64. The lowest BCUT2D eigenvalue weighted by molar-refractivity contribution is 0.625. The van der Waals surface area contributed by atoms with Crippen molar-refractivity contribution in [1.29, 1.82) is 0 Å². The number of halogens is 1. The molecule has 0 radical (unpaired) electrons. The number of hydrogen-bond acceptors (Lipinski definition) is 2. The van der Waals surface area contributed by atoms with Crippen LogP contribution in [0.2, 0.25) is 5.02 Å². The van der Waals surface area contributed by atoms with E-state index >= 15 is 0 Å². The summed E-state index contributed by atoms with van der Waals surface area (Å²) in [6.07, 6.45) is 0. The first-order valence-corrected chi connectivity index (χ1v) is 11.8. The molecule has 0 bridgehead atoms. The van der Waals surface area contributed by atoms with Gasteiger partial charge in [-0.1, -0.05) is 62.7 Å². The molecule has 6 heteroatoms. The summed E-state index contributed by atoms with van der Waals surface area (Å²) < 4.78 is 9.74. The van der Waals surface area contributed by atoms with Gasteiger partial charge in [0.2, 0.25) is 0 Å². The normalized spacial score (nSPS) is 14.1. The van der Waals surface area contributed by atoms with E-state index in [9.17, 15) is 0 Å². The fourth-order valence-corrected chi connectivity index (χ4v) is 8.63. The van der Waals surface area contributed by atoms with Crippen LogP contribution in [0.4, 0.5) is 5.69 Å². The fraction of sp³-hybridized carbons (Fsp3) is 0.348. The van der Waals surface area contributed by atoms with E-state index < -0.39 is 7.21 Å². The number of benzene rings is 2. The van der Waals surface area contributed by atoms with Crippen molar-refractivity contribution >= 4 is 29.8 Å². The van der Waals surface area contributed by atoms with Crippen molar-refractivity contribution in [2.24, 2.45) is 4.74 Å². The van der Waals surface area contributed by atoms with E-state index in [1.54, 1.807) is 0 Å². The van der Waals surface area contributed by atoms with Gasteiger partial charge >= 0.3 is 0 Å². The summed E-state index contributed by atoms with van der Waals surface area (Å²) in [7, 11) is 2.01. The van der Waals surface area contributed by atoms with Crippen molar-refractivity contribution in [3.63, 3.8) is 0 Å². The first kappa shape index (κ1) is 21.8. The lowest BCUT2D eigenvalue weighted by Gasteiger charge is -2.42. The molecule has 0 aliphatic heterocycles. The first-order valence-electron chi connectivity index (χ1n) is 9.76. The van der Waals surface area contributed by atoms with Crippen molar-refractivity contribution in [1.82, 2.24) is 14.5 Å². The third-order valence-corrected chi connectivity index (χ3v) is 10.3. The highest BCUT2D eigenvalue weighted by molar-refractivity contribution is 7.73. The third kappa shape index (κ3) is 3.82. The molecule has 0 saturated heterocycles. The average molecular weight is 429 g/mol. The van der Waals surface area contributed by atoms with Crippen LogP contribution in [-0.2, 0) is 0 Å². The van der Waals surface area contributed by atoms with Gasteiger partial charge in [-0.15, -0.1) is 0 Å². The third-order valence-electron chi connectivity index (χ3n) is 5.18. The fourth-order valence-electron chi connectivity index (χ4n) is 4.02. The molecule has 154 valence electrons. The molecule has 0 aliphatic rings. The number of para-hydroxylation sites is 1. The minimum Gasteiger partial charge on any atom is -0.271 e. The minimum absolute atomic E-state index is 0.115. The second kappa shape index (κ2) is 8.10. The van der Waals surface area contributed by atoms with Crippen molar-refractivity contribution in [3.8, 4) is 5.69 Å². The summed E-state index contributed by atoms with van der Waals surface area (Å²) in [4.78, 5) is 0. The smallest absolute Gasteiger partial charge is 0.0819 e. The Kier molecular flexibility index (Phi) is 6.10. The van der Waals surface area contributed by atoms with Crippen LogP contribution < -0.4 is 5.30 Å². The Bertz CT molecular complexity index is 1060. The number of aromatic nitrogens is 2. The molecule has 0 saturated carbocycles. The number of aryl methyl sites for hydroxylation is 1. The van der Waals surface area contributed by atoms with Gasteiger partial charge in [-0.3, -0.25) is 4.67 Å². The van der Waals surface area contributed by atoms with E-state index in [4.69, 9.17) is 21.4 Å². The molecule has 1 heterocycles. The van der Waals surface area contributed by atoms with Crippen LogP contribution >= 0.6 is 18.8 Å². The quantitative estimate of drug-likeness (QED) is 0.440. The molecule has 0 aliphatic carbocycles. The summed E-state index contributed by atoms with van der Waals surface area (Å²) >= 11 is 6.54. The van der Waals surface area contributed by atoms with Crippen LogP contribution in [0.1, 0.15) is 32.2 Å². The van der Waals surface area contributed by atoms with Crippen LogP contribution in [-0.4, -0.2) is 33.7 Å². The SMILES string of the molecule is Cc1nn(-c2ccccc2)c(C)c1[P@@](=Nc1ccccc1Cl)(N(C)C)C(C)(C)C. The average Bonchev–Trinajstić information content (AvgIpc) is 2.95. The van der Waals surface area contributed by atoms with Crippen LogP contribution in [0.25, 0.3) is 5.69 Å². The lowest BCUT2D eigenvalue weighted by atomic mass is 10.3. The highest BCUT2D eigenvalue weighted by Gasteiger charge is 2.42. The highest BCUT2D eigenvalue weighted by atomic mass is 35.5. The maximum atomic E-state index is 6.54. The van der Waals surface area contributed by atoms with E-state index in [-0.39, 0.29) is 5.16 Å². The van der Waals surface area contributed by atoms with Gasteiger partial charge < -0.3 is 0 Å². The van der Waals surface area contributed by atoms with Gasteiger partial charge in [0.15, 0.2) is 0 Å². The van der Waals surface area contributed by atoms with Crippen LogP contribution in [0, 0.1) is 13.8 Å². The number of hydrogen-bond donors (Lipinski definition) is 0. The summed E-state index contributed by atoms with van der Waals surface area (Å²) in [5.74, 6) is 0. The molecule has 3 aromatic rings. The zero-order valence-electron chi connectivity index (χ0n) is 18.3. The lowest BCUT2D eigenvalue weighted by Crippen LogP contribution is -2.34. The second-order valence-electron chi connectivity index (χ2n) is 8.44. The van der Waals surface area contributed by atoms with Gasteiger partial charge in [0.1, 0.15) is 0 Å². The van der Waals surface area contributed by atoms with E-state index in [0.29, 0.717) is 5.02 Å². The van der Waals surface area contributed by atoms with Crippen LogP contribution in [0.15, 0.2) is 59.3 Å². The zero-order valence-corrected chi connectivity index (χ0v) is 20.0. The molecule has 1 aromatic heterocycles. The Morgan fingerprint density at radius 2 is 1.55 bits per heavy atom. The Morgan fingerprint density at radius 1 is 0.966 bits per heavy atom. The Hall–Kier alpha value is -1.87. The van der Waals surface area contributed by atoms with Gasteiger partial charge in [-0.2, -0.15) is 5.10 Å². The van der Waals surface area contributed by atoms with Crippen molar-refractivity contribution in [2.75, 3.05) is 14.1 Å². The van der Waals surface area contributed by atoms with Crippen LogP contribution in [0.5, 0.6) is 0 Å². The molecule has 2 aromatic carbocycles. The molecule has 29 heavy (non-hydrogen) atoms. The monoisotopic (exact) mass is 428 g/mol. The Labute approximate surface area is 179 Å². The largest absolute Gasteiger partial charge is 0.271 e. The molecule has 0 amide bonds. The van der Waals surface area contributed by atoms with Gasteiger partial charge in [0.25, 0.3) is 0 Å². The number of nitrogens with zero attached hydrogens (tertiary/aromatic N) is 4. The van der Waals surface area contributed by atoms with E-state index in [2.05, 4.69) is 65.5 Å². The maximum Gasteiger partial charge on any atom is 0.0819 e. The van der Waals surface area contributed by atoms with Gasteiger partial charge in [0.05, 0.1) is 40.3 Å². The number of rotatable bonds is 4. The van der Waals surface area contributed by atoms with Crippen molar-refractivity contribution < 1.29 is 0 Å². The summed E-state index contributed by atoms with van der Waals surface area (Å²) in [6.45, 7) is 11.0. The molecule has 1 atom stereocenters. The van der Waals surface area contributed by atoms with Gasteiger partial charge in [-0.05, 0) is 52.2 Å². The first-order chi connectivity index (χ1) is 13.6. The summed E-state index contributed by atoms with van der Waals surface area (Å²) in [5, 5.41) is 6.71. The molecule has 3 rings (SSSR count). The Morgan fingerprint density at radius 3 is 2.10 bits per heavy atom. The van der Waals surface area contributed by atoms with E-state index in [1.165, 1.54) is 5.30 Å². The Balaban J connectivity index is 2.41. The standard InChI is InChI=1S/C23H30ClN4P/c1-17-22(18(2)28(25-17)19-13-9-8-10-14-19)29(27(6)7,23(3,4)5)26-21-16-12-11-15-20(21)24/h8-16H,1-7H3/t29-/m1/s1. The molecule has 0 N–H and O–H groups in total. The van der Waals surface area contributed by atoms with Crippen molar-refractivity contribution in [2.45, 2.75) is 39.8 Å². The zero-order chi connectivity index (χ0) is 21.4. The van der Waals surface area contributed by atoms with Crippen LogP contribution in [0.3, 0.4) is 0 Å². The van der Waals surface area contributed by atoms with E-state index in [1.807, 2.05) is 47.1 Å². The topological polar surface area (TPSA) is 33.4 Å². The van der Waals surface area contributed by atoms with Gasteiger partial charge in [-0.25, -0.2) is 9.43 Å². The molecule has 4 nitrogen and oxygen atoms in total. The molecule has 0 spiro atoms. The second-order valence-corrected chi connectivity index (χ2v) is 12.8. The predicted octanol–water partition coefficient (Wildman–Crippen LogP) is 6.58. The minimum atomic E-state index is -2.24. The predicted molar refractivity (Wildman–Crippen MR) is 127 cm³/mol. The molecular formula is C23H30ClN4P.